The van der Waals surface area contributed by atoms with Crippen LogP contribution in [0, 0.1) is 11.3 Å². The Morgan fingerprint density at radius 1 is 1.15 bits per heavy atom. The van der Waals surface area contributed by atoms with E-state index in [1.165, 1.54) is 51.4 Å². The third-order valence-electron chi connectivity index (χ3n) is 6.66. The Balaban J connectivity index is 1.71. The van der Waals surface area contributed by atoms with Gasteiger partial charge in [-0.3, -0.25) is 15.1 Å². The van der Waals surface area contributed by atoms with Crippen molar-refractivity contribution in [1.82, 2.24) is 15.5 Å². The van der Waals surface area contributed by atoms with E-state index in [1.807, 2.05) is 30.3 Å². The minimum absolute atomic E-state index is 0.124. The maximum Gasteiger partial charge on any atom is 0.222 e. The monoisotopic (exact) mass is 452 g/mol. The molecular weight excluding hydrogens is 412 g/mol. The number of aliphatic imine (C=N–C) groups is 2. The first kappa shape index (κ1) is 25.0. The highest BCUT2D eigenvalue weighted by Crippen LogP contribution is 2.17. The summed E-state index contributed by atoms with van der Waals surface area (Å²) in [6, 6.07) is 12.8. The first-order chi connectivity index (χ1) is 16.2. The van der Waals surface area contributed by atoms with E-state index in [1.54, 1.807) is 4.90 Å². The van der Waals surface area contributed by atoms with Crippen molar-refractivity contribution in [2.75, 3.05) is 37.7 Å². The quantitative estimate of drug-likeness (QED) is 0.242. The molecule has 33 heavy (non-hydrogen) atoms. The van der Waals surface area contributed by atoms with Gasteiger partial charge < -0.3 is 11.1 Å². The second kappa shape index (κ2) is 13.8. The van der Waals surface area contributed by atoms with Crippen molar-refractivity contribution in [3.8, 4) is 6.07 Å². The largest absolute Gasteiger partial charge is 0.369 e. The van der Waals surface area contributed by atoms with Crippen LogP contribution in [0.15, 0.2) is 40.3 Å². The molecule has 0 spiro atoms. The molecule has 0 amide bonds. The van der Waals surface area contributed by atoms with E-state index in [-0.39, 0.29) is 12.5 Å². The van der Waals surface area contributed by atoms with Crippen LogP contribution in [0.5, 0.6) is 0 Å². The second-order valence-electron chi connectivity index (χ2n) is 8.89. The Kier molecular flexibility index (Phi) is 10.5. The van der Waals surface area contributed by atoms with Gasteiger partial charge in [-0.15, -0.1) is 0 Å². The molecule has 8 heteroatoms. The standard InChI is InChI=1S/C25H40N8/c1-2-32-17-10-15-23(32)19-28-25(30-20-29-21-11-6-3-4-7-12-21)31-24(27)33(18-16-26)22-13-8-5-9-14-22/h5,8-9,13-14,21,23,29H,2-4,6-7,10-12,15,17-20H2,1H3,(H3,27,28,30,31). The van der Waals surface area contributed by atoms with Gasteiger partial charge in [-0.05, 0) is 50.9 Å². The molecule has 1 saturated heterocycles. The summed E-state index contributed by atoms with van der Waals surface area (Å²) in [6.07, 6.45) is 10.1. The molecule has 2 fully saturated rings. The SMILES string of the molecule is CCN1CCCC1CNC(=NCNC1CCCCCC1)N=C(N)N(CC#N)c1ccccc1. The summed E-state index contributed by atoms with van der Waals surface area (Å²) < 4.78 is 0. The van der Waals surface area contributed by atoms with E-state index in [2.05, 4.69) is 33.5 Å². The Morgan fingerprint density at radius 2 is 1.91 bits per heavy atom. The van der Waals surface area contributed by atoms with Gasteiger partial charge in [-0.2, -0.15) is 10.3 Å². The van der Waals surface area contributed by atoms with Crippen LogP contribution < -0.4 is 21.3 Å². The molecule has 1 aromatic rings. The number of para-hydroxylation sites is 1. The smallest absolute Gasteiger partial charge is 0.222 e. The van der Waals surface area contributed by atoms with Gasteiger partial charge in [0.25, 0.3) is 0 Å². The van der Waals surface area contributed by atoms with Crippen LogP contribution in [0.25, 0.3) is 0 Å². The Labute approximate surface area is 198 Å². The van der Waals surface area contributed by atoms with Crippen molar-refractivity contribution < 1.29 is 0 Å². The lowest BCUT2D eigenvalue weighted by molar-refractivity contribution is 0.267. The van der Waals surface area contributed by atoms with Crippen molar-refractivity contribution in [2.24, 2.45) is 15.7 Å². The lowest BCUT2D eigenvalue weighted by Crippen LogP contribution is -2.43. The molecule has 2 aliphatic rings. The minimum atomic E-state index is 0.124. The molecule has 1 aromatic carbocycles. The summed E-state index contributed by atoms with van der Waals surface area (Å²) >= 11 is 0. The average molecular weight is 453 g/mol. The van der Waals surface area contributed by atoms with Crippen LogP contribution in [0.2, 0.25) is 0 Å². The number of hydrogen-bond acceptors (Lipinski definition) is 4. The summed E-state index contributed by atoms with van der Waals surface area (Å²) in [6.45, 7) is 5.83. The van der Waals surface area contributed by atoms with E-state index in [9.17, 15) is 5.26 Å². The van der Waals surface area contributed by atoms with Crippen LogP contribution in [-0.2, 0) is 0 Å². The molecule has 1 atom stereocenters. The van der Waals surface area contributed by atoms with Crippen LogP contribution in [0.4, 0.5) is 5.69 Å². The van der Waals surface area contributed by atoms with E-state index in [0.717, 1.165) is 25.3 Å². The molecule has 1 unspecified atom stereocenters. The van der Waals surface area contributed by atoms with E-state index < -0.39 is 0 Å². The van der Waals surface area contributed by atoms with Crippen LogP contribution in [-0.4, -0.2) is 61.8 Å². The number of anilines is 1. The highest BCUT2D eigenvalue weighted by molar-refractivity contribution is 6.02. The van der Waals surface area contributed by atoms with E-state index in [4.69, 9.17) is 10.7 Å². The number of nitrogens with zero attached hydrogens (tertiary/aromatic N) is 5. The average Bonchev–Trinajstić information content (AvgIpc) is 3.14. The molecule has 4 N–H and O–H groups in total. The number of nitriles is 1. The number of nitrogens with one attached hydrogen (secondary N) is 2. The minimum Gasteiger partial charge on any atom is -0.369 e. The first-order valence-electron chi connectivity index (χ1n) is 12.5. The lowest BCUT2D eigenvalue weighted by Gasteiger charge is -2.24. The molecule has 0 bridgehead atoms. The van der Waals surface area contributed by atoms with Crippen molar-refractivity contribution >= 4 is 17.6 Å². The molecule has 3 rings (SSSR count). The fraction of sp³-hybridized carbons (Fsp3) is 0.640. The maximum absolute atomic E-state index is 9.33. The Bertz CT molecular complexity index is 792. The maximum atomic E-state index is 9.33. The van der Waals surface area contributed by atoms with Crippen LogP contribution >= 0.6 is 0 Å². The fourth-order valence-electron chi connectivity index (χ4n) is 4.77. The number of guanidine groups is 2. The molecule has 1 heterocycles. The van der Waals surface area contributed by atoms with Crippen LogP contribution in [0.1, 0.15) is 58.3 Å². The Morgan fingerprint density at radius 3 is 2.61 bits per heavy atom. The summed E-state index contributed by atoms with van der Waals surface area (Å²) in [4.78, 5) is 13.6. The van der Waals surface area contributed by atoms with E-state index in [0.29, 0.717) is 24.7 Å². The van der Waals surface area contributed by atoms with Crippen molar-refractivity contribution in [3.63, 3.8) is 0 Å². The normalized spacial score (nSPS) is 20.9. The molecule has 0 radical (unpaired) electrons. The third-order valence-corrected chi connectivity index (χ3v) is 6.66. The summed E-state index contributed by atoms with van der Waals surface area (Å²) in [5.74, 6) is 0.790. The topological polar surface area (TPSA) is 105 Å². The predicted molar refractivity (Wildman–Crippen MR) is 136 cm³/mol. The number of likely N-dealkylation sites (N-methyl/N-ethyl adjacent to an activating group) is 1. The molecule has 8 nitrogen and oxygen atoms in total. The zero-order valence-electron chi connectivity index (χ0n) is 20.0. The number of hydrogen-bond donors (Lipinski definition) is 3. The zero-order chi connectivity index (χ0) is 23.3. The summed E-state index contributed by atoms with van der Waals surface area (Å²) in [7, 11) is 0. The summed E-state index contributed by atoms with van der Waals surface area (Å²) in [5.41, 5.74) is 7.22. The van der Waals surface area contributed by atoms with Gasteiger partial charge in [0, 0.05) is 24.3 Å². The van der Waals surface area contributed by atoms with Gasteiger partial charge >= 0.3 is 0 Å². The highest BCUT2D eigenvalue weighted by atomic mass is 15.3. The summed E-state index contributed by atoms with van der Waals surface area (Å²) in [5, 5.41) is 16.4. The molecular formula is C25H40N8. The first-order valence-corrected chi connectivity index (χ1v) is 12.5. The number of likely N-dealkylation sites (tertiary alicyclic amines) is 1. The molecule has 1 aliphatic carbocycles. The highest BCUT2D eigenvalue weighted by Gasteiger charge is 2.23. The van der Waals surface area contributed by atoms with Crippen LogP contribution in [0.3, 0.4) is 0 Å². The van der Waals surface area contributed by atoms with Crippen molar-refractivity contribution in [1.29, 1.82) is 5.26 Å². The molecule has 1 saturated carbocycles. The Hall–Kier alpha value is -2.63. The van der Waals surface area contributed by atoms with Gasteiger partial charge in [-0.1, -0.05) is 50.8 Å². The number of nitrogens with two attached hydrogens (primary N) is 1. The van der Waals surface area contributed by atoms with Gasteiger partial charge in [0.05, 0.1) is 12.7 Å². The number of rotatable bonds is 8. The second-order valence-corrected chi connectivity index (χ2v) is 8.89. The van der Waals surface area contributed by atoms with Gasteiger partial charge in [0.15, 0.2) is 0 Å². The van der Waals surface area contributed by atoms with Gasteiger partial charge in [0.1, 0.15) is 6.54 Å². The van der Waals surface area contributed by atoms with Gasteiger partial charge in [-0.25, -0.2) is 4.99 Å². The van der Waals surface area contributed by atoms with Crippen molar-refractivity contribution in [3.05, 3.63) is 30.3 Å². The predicted octanol–water partition coefficient (Wildman–Crippen LogP) is 3.03. The van der Waals surface area contributed by atoms with E-state index >= 15 is 0 Å². The third kappa shape index (κ3) is 8.02. The molecule has 1 aliphatic heterocycles. The molecule has 180 valence electrons. The number of benzene rings is 1. The zero-order valence-corrected chi connectivity index (χ0v) is 20.0. The lowest BCUT2D eigenvalue weighted by atomic mass is 10.1. The van der Waals surface area contributed by atoms with Gasteiger partial charge in [0.2, 0.25) is 11.9 Å². The van der Waals surface area contributed by atoms with Crippen molar-refractivity contribution in [2.45, 2.75) is 70.4 Å². The molecule has 0 aromatic heterocycles. The fourth-order valence-corrected chi connectivity index (χ4v) is 4.77.